The third-order valence-electron chi connectivity index (χ3n) is 11.0. The molecule has 0 atom stereocenters. The number of nitrogens with zero attached hydrogens (tertiary/aromatic N) is 2. The molecule has 8 nitrogen and oxygen atoms in total. The van der Waals surface area contributed by atoms with Crippen LogP contribution in [0.5, 0.6) is 0 Å². The van der Waals surface area contributed by atoms with E-state index in [4.69, 9.17) is 9.47 Å². The molecule has 0 aromatic heterocycles. The number of ether oxygens (including phenoxy) is 2. The largest absolute Gasteiger partial charge is 0.466 e. The summed E-state index contributed by atoms with van der Waals surface area (Å²) in [5.41, 5.74) is 0. The summed E-state index contributed by atoms with van der Waals surface area (Å²) in [7, 11) is 0. The van der Waals surface area contributed by atoms with Crippen LogP contribution in [0.2, 0.25) is 0 Å². The Balaban J connectivity index is 4.31. The van der Waals surface area contributed by atoms with Crippen LogP contribution in [0, 0.1) is 0 Å². The second kappa shape index (κ2) is 41.9. The van der Waals surface area contributed by atoms with Crippen LogP contribution in [-0.2, 0) is 23.9 Å². The SMILES string of the molecule is CCCCCCCCCOC(=O)CCCCCCCN(CCCCCCCC(=O)OC(CCCCCCCC)CCCCCCCC)CCCN(O)C(C)=O. The average Bonchev–Trinajstić information content (AvgIpc) is 3.17. The number of hydroxylamine groups is 2. The lowest BCUT2D eigenvalue weighted by molar-refractivity contribution is -0.163. The van der Waals surface area contributed by atoms with Gasteiger partial charge in [-0.3, -0.25) is 19.6 Å². The van der Waals surface area contributed by atoms with Gasteiger partial charge in [0.2, 0.25) is 5.91 Å². The summed E-state index contributed by atoms with van der Waals surface area (Å²) in [6.07, 6.45) is 38.4. The summed E-state index contributed by atoms with van der Waals surface area (Å²) in [6, 6.07) is 0. The van der Waals surface area contributed by atoms with Gasteiger partial charge in [0.15, 0.2) is 0 Å². The molecule has 55 heavy (non-hydrogen) atoms. The maximum absolute atomic E-state index is 12.8. The molecular formula is C47H92N2O6. The van der Waals surface area contributed by atoms with Gasteiger partial charge in [-0.15, -0.1) is 0 Å². The molecule has 0 aromatic rings. The van der Waals surface area contributed by atoms with E-state index < -0.39 is 0 Å². The predicted molar refractivity (Wildman–Crippen MR) is 230 cm³/mol. The Bertz CT molecular complexity index is 839. The van der Waals surface area contributed by atoms with Crippen molar-refractivity contribution in [3.05, 3.63) is 0 Å². The lowest BCUT2D eigenvalue weighted by atomic mass is 10.0. The minimum absolute atomic E-state index is 0.00429. The fourth-order valence-corrected chi connectivity index (χ4v) is 7.34. The van der Waals surface area contributed by atoms with Crippen LogP contribution in [0.3, 0.4) is 0 Å². The second-order valence-corrected chi connectivity index (χ2v) is 16.4. The molecule has 0 heterocycles. The fourth-order valence-electron chi connectivity index (χ4n) is 7.34. The minimum atomic E-state index is -0.316. The Labute approximate surface area is 341 Å². The summed E-state index contributed by atoms with van der Waals surface area (Å²) in [5, 5.41) is 10.6. The first-order valence-corrected chi connectivity index (χ1v) is 23.9. The number of unbranched alkanes of at least 4 members (excludes halogenated alkanes) is 24. The molecule has 1 amide bonds. The summed E-state index contributed by atoms with van der Waals surface area (Å²) < 4.78 is 11.5. The van der Waals surface area contributed by atoms with Gasteiger partial charge in [-0.1, -0.05) is 162 Å². The monoisotopic (exact) mass is 781 g/mol. The second-order valence-electron chi connectivity index (χ2n) is 16.4. The van der Waals surface area contributed by atoms with Gasteiger partial charge in [0.05, 0.1) is 6.61 Å². The molecule has 0 fully saturated rings. The van der Waals surface area contributed by atoms with Crippen molar-refractivity contribution in [3.8, 4) is 0 Å². The Morgan fingerprint density at radius 1 is 0.455 bits per heavy atom. The van der Waals surface area contributed by atoms with Crippen molar-refractivity contribution in [2.45, 2.75) is 252 Å². The van der Waals surface area contributed by atoms with E-state index in [2.05, 4.69) is 25.7 Å². The number of amides is 1. The molecule has 0 aliphatic rings. The van der Waals surface area contributed by atoms with Gasteiger partial charge < -0.3 is 14.4 Å². The first-order valence-electron chi connectivity index (χ1n) is 23.9. The lowest BCUT2D eigenvalue weighted by Gasteiger charge is -2.23. The van der Waals surface area contributed by atoms with Crippen molar-refractivity contribution in [1.29, 1.82) is 0 Å². The van der Waals surface area contributed by atoms with Crippen molar-refractivity contribution in [1.82, 2.24) is 9.96 Å². The number of esters is 2. The summed E-state index contributed by atoms with van der Waals surface area (Å²) >= 11 is 0. The zero-order valence-corrected chi connectivity index (χ0v) is 37.0. The molecule has 0 unspecified atom stereocenters. The average molecular weight is 781 g/mol. The third-order valence-corrected chi connectivity index (χ3v) is 11.0. The molecule has 0 saturated carbocycles. The highest BCUT2D eigenvalue weighted by molar-refractivity contribution is 5.71. The Morgan fingerprint density at radius 3 is 1.31 bits per heavy atom. The van der Waals surface area contributed by atoms with Gasteiger partial charge in [0, 0.05) is 26.3 Å². The summed E-state index contributed by atoms with van der Waals surface area (Å²) in [4.78, 5) is 38.8. The number of hydrogen-bond acceptors (Lipinski definition) is 7. The Hall–Kier alpha value is -1.67. The van der Waals surface area contributed by atoms with E-state index in [1.807, 2.05) is 0 Å². The highest BCUT2D eigenvalue weighted by atomic mass is 16.5. The number of carbonyl (C=O) groups is 3. The molecular weight excluding hydrogens is 689 g/mol. The van der Waals surface area contributed by atoms with Crippen molar-refractivity contribution in [2.75, 3.05) is 32.8 Å². The molecule has 0 saturated heterocycles. The van der Waals surface area contributed by atoms with Crippen LogP contribution in [-0.4, -0.2) is 71.9 Å². The molecule has 0 aliphatic heterocycles. The van der Waals surface area contributed by atoms with E-state index in [1.54, 1.807) is 0 Å². The van der Waals surface area contributed by atoms with Crippen molar-refractivity contribution >= 4 is 17.8 Å². The molecule has 0 spiro atoms. The highest BCUT2D eigenvalue weighted by Gasteiger charge is 2.15. The molecule has 8 heteroatoms. The summed E-state index contributed by atoms with van der Waals surface area (Å²) in [5.74, 6) is -0.370. The van der Waals surface area contributed by atoms with Gasteiger partial charge in [0.1, 0.15) is 6.10 Å². The highest BCUT2D eigenvalue weighted by Crippen LogP contribution is 2.19. The van der Waals surface area contributed by atoms with E-state index in [0.29, 0.717) is 26.0 Å². The van der Waals surface area contributed by atoms with Crippen LogP contribution in [0.1, 0.15) is 246 Å². The lowest BCUT2D eigenvalue weighted by Crippen LogP contribution is -2.32. The molecule has 326 valence electrons. The maximum atomic E-state index is 12.8. The van der Waals surface area contributed by atoms with Crippen LogP contribution >= 0.6 is 0 Å². The molecule has 1 N–H and O–H groups in total. The first kappa shape index (κ1) is 53.3. The molecule has 0 rings (SSSR count). The smallest absolute Gasteiger partial charge is 0.306 e. The number of carbonyl (C=O) groups excluding carboxylic acids is 3. The molecule has 0 radical (unpaired) electrons. The van der Waals surface area contributed by atoms with Crippen molar-refractivity contribution in [3.63, 3.8) is 0 Å². The molecule has 0 aliphatic carbocycles. The van der Waals surface area contributed by atoms with E-state index in [0.717, 1.165) is 121 Å². The molecule has 0 aromatic carbocycles. The molecule has 0 bridgehead atoms. The predicted octanol–water partition coefficient (Wildman–Crippen LogP) is 13.3. The number of hydrogen-bond donors (Lipinski definition) is 1. The Kier molecular flexibility index (Phi) is 40.7. The van der Waals surface area contributed by atoms with Gasteiger partial charge in [-0.2, -0.15) is 0 Å². The van der Waals surface area contributed by atoms with Crippen LogP contribution in [0.4, 0.5) is 0 Å². The van der Waals surface area contributed by atoms with Gasteiger partial charge in [-0.25, -0.2) is 5.06 Å². The van der Waals surface area contributed by atoms with Gasteiger partial charge >= 0.3 is 11.9 Å². The van der Waals surface area contributed by atoms with Crippen molar-refractivity contribution in [2.24, 2.45) is 0 Å². The van der Waals surface area contributed by atoms with Gasteiger partial charge in [0.25, 0.3) is 0 Å². The third kappa shape index (κ3) is 39.0. The quantitative estimate of drug-likeness (QED) is 0.0285. The summed E-state index contributed by atoms with van der Waals surface area (Å²) in [6.45, 7) is 11.9. The zero-order chi connectivity index (χ0) is 40.5. The first-order chi connectivity index (χ1) is 26.8. The van der Waals surface area contributed by atoms with E-state index in [9.17, 15) is 19.6 Å². The normalized spacial score (nSPS) is 11.5. The maximum Gasteiger partial charge on any atom is 0.306 e. The van der Waals surface area contributed by atoms with Gasteiger partial charge in [-0.05, 0) is 83.8 Å². The zero-order valence-electron chi connectivity index (χ0n) is 37.0. The van der Waals surface area contributed by atoms with Crippen LogP contribution < -0.4 is 0 Å². The van der Waals surface area contributed by atoms with Crippen LogP contribution in [0.25, 0.3) is 0 Å². The van der Waals surface area contributed by atoms with E-state index >= 15 is 0 Å². The fraction of sp³-hybridized carbons (Fsp3) is 0.936. The Morgan fingerprint density at radius 2 is 0.836 bits per heavy atom. The van der Waals surface area contributed by atoms with E-state index in [1.165, 1.54) is 116 Å². The standard InChI is InChI=1S/C47H92N2O6/c1-5-8-11-14-17-26-33-43-54-46(51)37-29-22-18-24-31-39-48(41-34-42-49(53)44(4)50)40-32-25-19-23-30-38-47(52)55-45(35-27-20-15-12-9-6-2)36-28-21-16-13-10-7-3/h45,53H,5-43H2,1-4H3. The number of rotatable bonds is 43. The minimum Gasteiger partial charge on any atom is -0.466 e. The van der Waals surface area contributed by atoms with Crippen LogP contribution in [0.15, 0.2) is 0 Å². The van der Waals surface area contributed by atoms with E-state index in [-0.39, 0.29) is 23.9 Å². The topological polar surface area (TPSA) is 96.4 Å². The van der Waals surface area contributed by atoms with Crippen molar-refractivity contribution < 1.29 is 29.1 Å².